The predicted octanol–water partition coefficient (Wildman–Crippen LogP) is 2.91. The van der Waals surface area contributed by atoms with E-state index in [0.717, 1.165) is 48.7 Å². The van der Waals surface area contributed by atoms with E-state index >= 15 is 0 Å². The van der Waals surface area contributed by atoms with Gasteiger partial charge in [0.2, 0.25) is 5.91 Å². The number of hydrogen-bond acceptors (Lipinski definition) is 5. The van der Waals surface area contributed by atoms with Crippen molar-refractivity contribution >= 4 is 23.1 Å². The third-order valence-corrected chi connectivity index (χ3v) is 5.49. The van der Waals surface area contributed by atoms with Gasteiger partial charge in [-0.1, -0.05) is 0 Å². The van der Waals surface area contributed by atoms with E-state index in [1.807, 2.05) is 11.9 Å². The minimum Gasteiger partial charge on any atom is -0.372 e. The van der Waals surface area contributed by atoms with Crippen LogP contribution in [0.5, 0.6) is 0 Å². The molecule has 1 saturated heterocycles. The summed E-state index contributed by atoms with van der Waals surface area (Å²) in [5.41, 5.74) is 0.994. The molecule has 0 radical (unpaired) electrons. The molecule has 128 valence electrons. The summed E-state index contributed by atoms with van der Waals surface area (Å²) in [7, 11) is 1.87. The van der Waals surface area contributed by atoms with Crippen LogP contribution < -0.4 is 5.32 Å². The Morgan fingerprint density at radius 2 is 2.21 bits per heavy atom. The highest BCUT2D eigenvalue weighted by molar-refractivity contribution is 7.12. The number of rotatable bonds is 5. The zero-order valence-corrected chi connectivity index (χ0v) is 15.1. The van der Waals surface area contributed by atoms with Crippen molar-refractivity contribution in [3.8, 4) is 0 Å². The molecule has 3 rings (SSSR count). The number of hydrogen-bond donors (Lipinski definition) is 1. The molecule has 3 heterocycles. The number of carbonyl (C=O) groups is 1. The SMILES string of the molecule is CNc1nccnc1C[C@@H]1CCCN(C(=O)Cc2ccc(C)s2)C1. The van der Waals surface area contributed by atoms with Crippen molar-refractivity contribution in [1.29, 1.82) is 0 Å². The minimum atomic E-state index is 0.245. The molecular weight excluding hydrogens is 320 g/mol. The third-order valence-electron chi connectivity index (χ3n) is 4.49. The van der Waals surface area contributed by atoms with Gasteiger partial charge in [-0.05, 0) is 44.2 Å². The van der Waals surface area contributed by atoms with E-state index < -0.39 is 0 Å². The first-order chi connectivity index (χ1) is 11.7. The normalized spacial score (nSPS) is 17.8. The number of nitrogens with zero attached hydrogens (tertiary/aromatic N) is 3. The second-order valence-corrected chi connectivity index (χ2v) is 7.72. The second-order valence-electron chi connectivity index (χ2n) is 6.34. The number of piperidine rings is 1. The number of carbonyl (C=O) groups excluding carboxylic acids is 1. The number of aryl methyl sites for hydroxylation is 1. The van der Waals surface area contributed by atoms with Gasteiger partial charge in [0.05, 0.1) is 12.1 Å². The molecule has 0 unspecified atom stereocenters. The van der Waals surface area contributed by atoms with Gasteiger partial charge >= 0.3 is 0 Å². The van der Waals surface area contributed by atoms with Gasteiger partial charge in [-0.3, -0.25) is 9.78 Å². The van der Waals surface area contributed by atoms with Crippen molar-refractivity contribution in [3.05, 3.63) is 40.0 Å². The fourth-order valence-corrected chi connectivity index (χ4v) is 4.18. The highest BCUT2D eigenvalue weighted by atomic mass is 32.1. The second kappa shape index (κ2) is 7.75. The van der Waals surface area contributed by atoms with E-state index in [1.54, 1.807) is 23.7 Å². The summed E-state index contributed by atoms with van der Waals surface area (Å²) in [5, 5.41) is 3.10. The summed E-state index contributed by atoms with van der Waals surface area (Å²) in [6.07, 6.45) is 7.04. The van der Waals surface area contributed by atoms with E-state index in [-0.39, 0.29) is 5.91 Å². The van der Waals surface area contributed by atoms with Crippen LogP contribution in [0.2, 0.25) is 0 Å². The van der Waals surface area contributed by atoms with Crippen molar-refractivity contribution in [1.82, 2.24) is 14.9 Å². The molecule has 6 heteroatoms. The van der Waals surface area contributed by atoms with Crippen molar-refractivity contribution in [3.63, 3.8) is 0 Å². The van der Waals surface area contributed by atoms with E-state index in [4.69, 9.17) is 0 Å². The van der Waals surface area contributed by atoms with Gasteiger partial charge in [-0.2, -0.15) is 0 Å². The molecule has 0 bridgehead atoms. The van der Waals surface area contributed by atoms with Crippen LogP contribution in [0.4, 0.5) is 5.82 Å². The molecule has 2 aromatic rings. The maximum atomic E-state index is 12.6. The van der Waals surface area contributed by atoms with Gasteiger partial charge in [-0.15, -0.1) is 11.3 Å². The number of amides is 1. The van der Waals surface area contributed by atoms with Gasteiger partial charge in [0.15, 0.2) is 0 Å². The molecular formula is C18H24N4OS. The molecule has 2 aromatic heterocycles. The van der Waals surface area contributed by atoms with Gasteiger partial charge in [0.1, 0.15) is 5.82 Å². The number of nitrogens with one attached hydrogen (secondary N) is 1. The Labute approximate surface area is 147 Å². The van der Waals surface area contributed by atoms with E-state index in [9.17, 15) is 4.79 Å². The van der Waals surface area contributed by atoms with Crippen LogP contribution in [0, 0.1) is 12.8 Å². The van der Waals surface area contributed by atoms with Crippen molar-refractivity contribution in [2.75, 3.05) is 25.5 Å². The summed E-state index contributed by atoms with van der Waals surface area (Å²) in [5.74, 6) is 1.54. The fourth-order valence-electron chi connectivity index (χ4n) is 3.30. The van der Waals surface area contributed by atoms with Crippen molar-refractivity contribution < 1.29 is 4.79 Å². The summed E-state index contributed by atoms with van der Waals surface area (Å²) in [6.45, 7) is 3.78. The average molecular weight is 344 g/mol. The van der Waals surface area contributed by atoms with Crippen LogP contribution in [0.1, 0.15) is 28.3 Å². The molecule has 0 spiro atoms. The quantitative estimate of drug-likeness (QED) is 0.906. The largest absolute Gasteiger partial charge is 0.372 e. The molecule has 0 aromatic carbocycles. The Hall–Kier alpha value is -1.95. The molecule has 0 saturated carbocycles. The highest BCUT2D eigenvalue weighted by Crippen LogP contribution is 2.24. The van der Waals surface area contributed by atoms with Crippen LogP contribution in [0.15, 0.2) is 24.5 Å². The van der Waals surface area contributed by atoms with Crippen LogP contribution in [-0.2, 0) is 17.6 Å². The average Bonchev–Trinajstić information content (AvgIpc) is 3.00. The zero-order valence-electron chi connectivity index (χ0n) is 14.3. The van der Waals surface area contributed by atoms with Gasteiger partial charge < -0.3 is 10.2 Å². The molecule has 0 aliphatic carbocycles. The Morgan fingerprint density at radius 1 is 1.38 bits per heavy atom. The predicted molar refractivity (Wildman–Crippen MR) is 97.3 cm³/mol. The Bertz CT molecular complexity index is 700. The van der Waals surface area contributed by atoms with Crippen molar-refractivity contribution in [2.24, 2.45) is 5.92 Å². The molecule has 24 heavy (non-hydrogen) atoms. The molecule has 1 amide bonds. The lowest BCUT2D eigenvalue weighted by molar-refractivity contribution is -0.132. The van der Waals surface area contributed by atoms with Crippen LogP contribution >= 0.6 is 11.3 Å². The lowest BCUT2D eigenvalue weighted by Gasteiger charge is -2.33. The van der Waals surface area contributed by atoms with Crippen LogP contribution in [-0.4, -0.2) is 40.9 Å². The zero-order chi connectivity index (χ0) is 16.9. The standard InChI is InChI=1S/C18H24N4OS/c1-13-5-6-15(24-13)11-17(23)22-9-3-4-14(12-22)10-16-18(19-2)21-8-7-20-16/h5-8,14H,3-4,9-12H2,1-2H3,(H,19,21)/t14-/m0/s1. The smallest absolute Gasteiger partial charge is 0.227 e. The molecule has 1 aliphatic heterocycles. The Kier molecular flexibility index (Phi) is 5.45. The first-order valence-corrected chi connectivity index (χ1v) is 9.28. The Morgan fingerprint density at radius 3 is 2.96 bits per heavy atom. The molecule has 1 aliphatic rings. The topological polar surface area (TPSA) is 58.1 Å². The molecule has 1 N–H and O–H groups in total. The first kappa shape index (κ1) is 16.9. The van der Waals surface area contributed by atoms with E-state index in [1.165, 1.54) is 4.88 Å². The fraction of sp³-hybridized carbons (Fsp3) is 0.500. The summed E-state index contributed by atoms with van der Waals surface area (Å²) < 4.78 is 0. The van der Waals surface area contributed by atoms with Crippen molar-refractivity contribution in [2.45, 2.75) is 32.6 Å². The number of anilines is 1. The highest BCUT2D eigenvalue weighted by Gasteiger charge is 2.25. The van der Waals surface area contributed by atoms with Gasteiger partial charge in [-0.25, -0.2) is 4.98 Å². The van der Waals surface area contributed by atoms with Crippen LogP contribution in [0.3, 0.4) is 0 Å². The molecule has 1 fully saturated rings. The summed E-state index contributed by atoms with van der Waals surface area (Å²) in [4.78, 5) is 25.8. The molecule has 1 atom stereocenters. The molecule has 5 nitrogen and oxygen atoms in total. The maximum Gasteiger partial charge on any atom is 0.227 e. The monoisotopic (exact) mass is 344 g/mol. The van der Waals surface area contributed by atoms with Gasteiger partial charge in [0, 0.05) is 42.3 Å². The number of aromatic nitrogens is 2. The number of thiophene rings is 1. The minimum absolute atomic E-state index is 0.245. The first-order valence-electron chi connectivity index (χ1n) is 8.46. The van der Waals surface area contributed by atoms with E-state index in [2.05, 4.69) is 34.3 Å². The van der Waals surface area contributed by atoms with E-state index in [0.29, 0.717) is 12.3 Å². The third kappa shape index (κ3) is 4.12. The van der Waals surface area contributed by atoms with Gasteiger partial charge in [0.25, 0.3) is 0 Å². The maximum absolute atomic E-state index is 12.6. The Balaban J connectivity index is 1.60. The number of likely N-dealkylation sites (tertiary alicyclic amines) is 1. The lowest BCUT2D eigenvalue weighted by Crippen LogP contribution is -2.41. The summed E-state index contributed by atoms with van der Waals surface area (Å²) in [6, 6.07) is 4.15. The van der Waals surface area contributed by atoms with Crippen LogP contribution in [0.25, 0.3) is 0 Å². The summed E-state index contributed by atoms with van der Waals surface area (Å²) >= 11 is 1.71. The lowest BCUT2D eigenvalue weighted by atomic mass is 9.93.